The maximum absolute atomic E-state index is 13.4. The second kappa shape index (κ2) is 11.1. The predicted octanol–water partition coefficient (Wildman–Crippen LogP) is 7.18. The van der Waals surface area contributed by atoms with Crippen molar-refractivity contribution in [1.29, 1.82) is 0 Å². The Morgan fingerprint density at radius 3 is 2.44 bits per heavy atom. The zero-order chi connectivity index (χ0) is 30.4. The normalized spacial score (nSPS) is 16.1. The monoisotopic (exact) mass is 585 g/mol. The van der Waals surface area contributed by atoms with E-state index < -0.39 is 11.7 Å². The minimum atomic E-state index is -4.43. The zero-order valence-corrected chi connectivity index (χ0v) is 24.3. The van der Waals surface area contributed by atoms with Crippen molar-refractivity contribution in [2.45, 2.75) is 70.0 Å². The number of carbonyl (C=O) groups is 1. The van der Waals surface area contributed by atoms with Crippen molar-refractivity contribution in [3.05, 3.63) is 122 Å². The maximum Gasteiger partial charge on any atom is 0.416 e. The number of H-pyrrole nitrogens is 1. The first-order valence-electron chi connectivity index (χ1n) is 14.8. The molecule has 0 bridgehead atoms. The van der Waals surface area contributed by atoms with Crippen LogP contribution in [-0.2, 0) is 35.8 Å². The largest absolute Gasteiger partial charge is 0.416 e. The molecule has 1 fully saturated rings. The molecule has 4 aromatic rings. The number of carbonyl (C=O) groups excluding carboxylic acids is 1. The molecule has 43 heavy (non-hydrogen) atoms. The Morgan fingerprint density at radius 1 is 1.00 bits per heavy atom. The molecule has 2 aliphatic rings. The fourth-order valence-electron chi connectivity index (χ4n) is 6.07. The summed E-state index contributed by atoms with van der Waals surface area (Å²) < 4.78 is 39.7. The zero-order valence-electron chi connectivity index (χ0n) is 24.3. The molecule has 222 valence electrons. The number of nitrogens with zero attached hydrogens (tertiary/aromatic N) is 2. The van der Waals surface area contributed by atoms with Gasteiger partial charge in [-0.05, 0) is 71.6 Å². The number of halogens is 3. The first-order valence-corrected chi connectivity index (χ1v) is 14.8. The van der Waals surface area contributed by atoms with Crippen LogP contribution in [0.25, 0.3) is 11.1 Å². The average molecular weight is 586 g/mol. The van der Waals surface area contributed by atoms with Crippen LogP contribution in [0.2, 0.25) is 0 Å². The number of nitrogens with one attached hydrogen (secondary N) is 1. The lowest BCUT2D eigenvalue weighted by Gasteiger charge is -2.21. The molecule has 8 heteroatoms. The highest BCUT2D eigenvalue weighted by molar-refractivity contribution is 5.79. The summed E-state index contributed by atoms with van der Waals surface area (Å²) >= 11 is 0. The van der Waals surface area contributed by atoms with Gasteiger partial charge in [0, 0.05) is 6.54 Å². The predicted molar refractivity (Wildman–Crippen MR) is 160 cm³/mol. The highest BCUT2D eigenvalue weighted by atomic mass is 19.4. The molecule has 0 spiro atoms. The van der Waals surface area contributed by atoms with Crippen LogP contribution >= 0.6 is 0 Å². The van der Waals surface area contributed by atoms with Crippen molar-refractivity contribution in [3.8, 4) is 11.1 Å². The summed E-state index contributed by atoms with van der Waals surface area (Å²) in [6.07, 6.45) is -1.18. The van der Waals surface area contributed by atoms with Gasteiger partial charge in [-0.25, -0.2) is 4.98 Å². The summed E-state index contributed by atoms with van der Waals surface area (Å²) in [6, 6.07) is 20.8. The number of alkyl halides is 3. The number of amides is 1. The summed E-state index contributed by atoms with van der Waals surface area (Å²) in [7, 11) is 0. The fourth-order valence-corrected chi connectivity index (χ4v) is 6.07. The van der Waals surface area contributed by atoms with Crippen molar-refractivity contribution in [3.63, 3.8) is 0 Å². The SMILES string of the molecule is CC(C)c1cccc(C2(c3nc4c(c(=O)[nH]3)CN(C(=O)Cc3cccc(-c5cccc(C(F)(F)F)c5)c3)CCC4)CC2)c1. The third-order valence-corrected chi connectivity index (χ3v) is 8.76. The van der Waals surface area contributed by atoms with Gasteiger partial charge in [0.15, 0.2) is 0 Å². The lowest BCUT2D eigenvalue weighted by Crippen LogP contribution is -2.34. The fraction of sp³-hybridized carbons (Fsp3) is 0.343. The van der Waals surface area contributed by atoms with E-state index in [2.05, 4.69) is 43.1 Å². The topological polar surface area (TPSA) is 66.1 Å². The quantitative estimate of drug-likeness (QED) is 0.261. The Labute approximate surface area is 248 Å². The molecular formula is C35H34F3N3O2. The second-order valence-electron chi connectivity index (χ2n) is 12.1. The number of aromatic nitrogens is 2. The van der Waals surface area contributed by atoms with Gasteiger partial charge in [-0.3, -0.25) is 9.59 Å². The molecule has 6 rings (SSSR count). The Hall–Kier alpha value is -4.20. The van der Waals surface area contributed by atoms with Crippen molar-refractivity contribution < 1.29 is 18.0 Å². The molecule has 3 aromatic carbocycles. The molecule has 0 radical (unpaired) electrons. The molecule has 2 heterocycles. The van der Waals surface area contributed by atoms with Crippen molar-refractivity contribution in [1.82, 2.24) is 14.9 Å². The first kappa shape index (κ1) is 28.9. The Balaban J connectivity index is 1.21. The van der Waals surface area contributed by atoms with Gasteiger partial charge in [0.25, 0.3) is 5.56 Å². The number of fused-ring (bicyclic) bond motifs is 1. The lowest BCUT2D eigenvalue weighted by molar-refractivity contribution is -0.137. The molecule has 0 unspecified atom stereocenters. The van der Waals surface area contributed by atoms with Crippen LogP contribution in [0.4, 0.5) is 13.2 Å². The summed E-state index contributed by atoms with van der Waals surface area (Å²) in [4.78, 5) is 36.6. The van der Waals surface area contributed by atoms with E-state index >= 15 is 0 Å². The van der Waals surface area contributed by atoms with Gasteiger partial charge in [0.2, 0.25) is 5.91 Å². The number of hydrogen-bond donors (Lipinski definition) is 1. The lowest BCUT2D eigenvalue weighted by atomic mass is 9.90. The molecule has 1 aromatic heterocycles. The highest BCUT2D eigenvalue weighted by Gasteiger charge is 2.49. The van der Waals surface area contributed by atoms with E-state index in [4.69, 9.17) is 4.98 Å². The van der Waals surface area contributed by atoms with Crippen molar-refractivity contribution >= 4 is 5.91 Å². The number of hydrogen-bond acceptors (Lipinski definition) is 3. The highest BCUT2D eigenvalue weighted by Crippen LogP contribution is 2.52. The van der Waals surface area contributed by atoms with Gasteiger partial charge in [-0.15, -0.1) is 0 Å². The van der Waals surface area contributed by atoms with Crippen LogP contribution in [0.5, 0.6) is 0 Å². The first-order chi connectivity index (χ1) is 20.5. The third kappa shape index (κ3) is 5.88. The minimum absolute atomic E-state index is 0.0842. The molecule has 0 atom stereocenters. The van der Waals surface area contributed by atoms with Crippen LogP contribution in [0.1, 0.15) is 78.4 Å². The van der Waals surface area contributed by atoms with Gasteiger partial charge in [-0.1, -0.05) is 74.5 Å². The van der Waals surface area contributed by atoms with E-state index in [0.717, 1.165) is 30.7 Å². The second-order valence-corrected chi connectivity index (χ2v) is 12.1. The van der Waals surface area contributed by atoms with Gasteiger partial charge in [0.1, 0.15) is 5.82 Å². The number of rotatable bonds is 6. The van der Waals surface area contributed by atoms with Gasteiger partial charge in [-0.2, -0.15) is 13.2 Å². The van der Waals surface area contributed by atoms with Crippen LogP contribution < -0.4 is 5.56 Å². The number of aromatic amines is 1. The summed E-state index contributed by atoms with van der Waals surface area (Å²) in [5, 5.41) is 0. The molecular weight excluding hydrogens is 551 g/mol. The number of aryl methyl sites for hydroxylation is 1. The minimum Gasteiger partial charge on any atom is -0.338 e. The molecule has 1 N–H and O–H groups in total. The molecule has 1 aliphatic heterocycles. The van der Waals surface area contributed by atoms with Crippen LogP contribution in [0.3, 0.4) is 0 Å². The van der Waals surface area contributed by atoms with E-state index in [1.54, 1.807) is 35.2 Å². The van der Waals surface area contributed by atoms with Crippen LogP contribution in [-0.4, -0.2) is 27.3 Å². The summed E-state index contributed by atoms with van der Waals surface area (Å²) in [5.41, 5.74) is 4.29. The third-order valence-electron chi connectivity index (χ3n) is 8.76. The molecule has 1 aliphatic carbocycles. The van der Waals surface area contributed by atoms with Gasteiger partial charge >= 0.3 is 6.18 Å². The van der Waals surface area contributed by atoms with E-state index in [1.165, 1.54) is 17.2 Å². The van der Waals surface area contributed by atoms with Crippen LogP contribution in [0, 0.1) is 0 Å². The van der Waals surface area contributed by atoms with Crippen LogP contribution in [0.15, 0.2) is 77.6 Å². The van der Waals surface area contributed by atoms with Crippen molar-refractivity contribution in [2.24, 2.45) is 0 Å². The molecule has 0 saturated heterocycles. The van der Waals surface area contributed by atoms with Crippen molar-refractivity contribution in [2.75, 3.05) is 6.54 Å². The molecule has 1 amide bonds. The standard InChI is InChI=1S/C35H34F3N3O2/c1-22(2)24-8-4-11-27(19-24)34(14-15-34)33-39-30-13-6-16-41(21-29(30)32(43)40-33)31(42)18-23-7-3-9-25(17-23)26-10-5-12-28(20-26)35(36,37)38/h3-5,7-12,17,19-20,22H,6,13-16,18,21H2,1-2H3,(H,39,40,43). The maximum atomic E-state index is 13.4. The Kier molecular flexibility index (Phi) is 7.48. The van der Waals surface area contributed by atoms with E-state index in [-0.39, 0.29) is 29.8 Å². The van der Waals surface area contributed by atoms with Gasteiger partial charge < -0.3 is 9.88 Å². The average Bonchev–Trinajstić information content (AvgIpc) is 3.82. The molecule has 5 nitrogen and oxygen atoms in total. The van der Waals surface area contributed by atoms with E-state index in [9.17, 15) is 22.8 Å². The van der Waals surface area contributed by atoms with E-state index in [0.29, 0.717) is 53.4 Å². The number of benzene rings is 3. The van der Waals surface area contributed by atoms with E-state index in [1.807, 2.05) is 0 Å². The molecule has 1 saturated carbocycles. The Bertz CT molecular complexity index is 1740. The summed E-state index contributed by atoms with van der Waals surface area (Å²) in [6.45, 7) is 5.02. The van der Waals surface area contributed by atoms with Gasteiger partial charge in [0.05, 0.1) is 35.2 Å². The summed E-state index contributed by atoms with van der Waals surface area (Å²) in [5.74, 6) is 0.978. The smallest absolute Gasteiger partial charge is 0.338 e. The Morgan fingerprint density at radius 2 is 1.72 bits per heavy atom.